The quantitative estimate of drug-likeness (QED) is 0.713. The van der Waals surface area contributed by atoms with Gasteiger partial charge in [0.25, 0.3) is 0 Å². The zero-order chi connectivity index (χ0) is 11.8. The predicted molar refractivity (Wildman–Crippen MR) is 70.4 cm³/mol. The average molecular weight is 242 g/mol. The van der Waals surface area contributed by atoms with Crippen molar-refractivity contribution in [1.82, 2.24) is 9.97 Å². The molecule has 1 N–H and O–H groups in total. The van der Waals surface area contributed by atoms with E-state index in [9.17, 15) is 4.79 Å². The lowest BCUT2D eigenvalue weighted by Gasteiger charge is -2.02. The zero-order valence-corrected chi connectivity index (χ0v) is 10.0. The number of nitrogens with zero attached hydrogens (tertiary/aromatic N) is 1. The molecule has 4 heteroatoms. The van der Waals surface area contributed by atoms with Gasteiger partial charge in [0.15, 0.2) is 0 Å². The van der Waals surface area contributed by atoms with Crippen molar-refractivity contribution in [1.29, 1.82) is 0 Å². The maximum absolute atomic E-state index is 11.4. The molecule has 84 valence electrons. The Labute approximate surface area is 102 Å². The Bertz CT molecular complexity index is 742. The first-order valence-electron chi connectivity index (χ1n) is 5.28. The van der Waals surface area contributed by atoms with Gasteiger partial charge in [-0.15, -0.1) is 11.3 Å². The molecule has 0 aliphatic carbocycles. The smallest absolute Gasteiger partial charge is 0.310 e. The molecule has 0 amide bonds. The van der Waals surface area contributed by atoms with E-state index in [0.29, 0.717) is 0 Å². The van der Waals surface area contributed by atoms with E-state index in [-0.39, 0.29) is 5.69 Å². The van der Waals surface area contributed by atoms with Gasteiger partial charge in [-0.2, -0.15) is 4.98 Å². The van der Waals surface area contributed by atoms with Crippen LogP contribution >= 0.6 is 11.3 Å². The Hall–Kier alpha value is -1.94. The lowest BCUT2D eigenvalue weighted by molar-refractivity contribution is 1.03. The summed E-state index contributed by atoms with van der Waals surface area (Å²) in [5.74, 6) is 0. The summed E-state index contributed by atoms with van der Waals surface area (Å²) < 4.78 is 1.17. The number of rotatable bonds is 1. The van der Waals surface area contributed by atoms with Crippen LogP contribution in [0.4, 0.5) is 0 Å². The van der Waals surface area contributed by atoms with Crippen molar-refractivity contribution in [2.75, 3.05) is 0 Å². The lowest BCUT2D eigenvalue weighted by atomic mass is 10.1. The molecule has 0 unspecified atom stereocenters. The first-order valence-corrected chi connectivity index (χ1v) is 6.16. The number of benzene rings is 1. The summed E-state index contributed by atoms with van der Waals surface area (Å²) in [6.45, 7) is 1.86. The Morgan fingerprint density at radius 2 is 2.18 bits per heavy atom. The maximum Gasteiger partial charge on any atom is 0.345 e. The van der Waals surface area contributed by atoms with Gasteiger partial charge in [-0.05, 0) is 29.8 Å². The van der Waals surface area contributed by atoms with Crippen molar-refractivity contribution in [3.8, 4) is 11.3 Å². The summed E-state index contributed by atoms with van der Waals surface area (Å²) in [5, 5.41) is 3.24. The molecule has 0 radical (unpaired) electrons. The summed E-state index contributed by atoms with van der Waals surface area (Å²) in [5.41, 5.74) is 2.29. The van der Waals surface area contributed by atoms with Gasteiger partial charge in [-0.3, -0.25) is 0 Å². The van der Waals surface area contributed by atoms with Crippen LogP contribution in [0.3, 0.4) is 0 Å². The van der Waals surface area contributed by atoms with Crippen LogP contribution in [-0.2, 0) is 0 Å². The van der Waals surface area contributed by atoms with E-state index in [2.05, 4.69) is 22.1 Å². The largest absolute Gasteiger partial charge is 0.345 e. The van der Waals surface area contributed by atoms with Crippen molar-refractivity contribution in [2.45, 2.75) is 6.92 Å². The molecule has 17 heavy (non-hydrogen) atoms. The lowest BCUT2D eigenvalue weighted by Crippen LogP contribution is -2.11. The van der Waals surface area contributed by atoms with E-state index in [1.54, 1.807) is 11.3 Å². The highest BCUT2D eigenvalue weighted by Crippen LogP contribution is 2.30. The minimum Gasteiger partial charge on any atom is -0.310 e. The predicted octanol–water partition coefficient (Wildman–Crippen LogP) is 2.96. The van der Waals surface area contributed by atoms with Crippen LogP contribution in [0, 0.1) is 6.92 Å². The zero-order valence-electron chi connectivity index (χ0n) is 9.23. The molecule has 2 aromatic heterocycles. The normalized spacial score (nSPS) is 10.9. The van der Waals surface area contributed by atoms with Crippen LogP contribution in [0.2, 0.25) is 0 Å². The molecule has 3 rings (SSSR count). The van der Waals surface area contributed by atoms with Crippen molar-refractivity contribution in [2.24, 2.45) is 0 Å². The highest BCUT2D eigenvalue weighted by molar-refractivity contribution is 7.17. The summed E-state index contributed by atoms with van der Waals surface area (Å²) in [6.07, 6.45) is 0. The Kier molecular flexibility index (Phi) is 2.30. The number of aromatic nitrogens is 2. The first-order chi connectivity index (χ1) is 8.24. The van der Waals surface area contributed by atoms with Gasteiger partial charge in [0.2, 0.25) is 0 Å². The van der Waals surface area contributed by atoms with Gasteiger partial charge in [-0.25, -0.2) is 4.79 Å². The topological polar surface area (TPSA) is 45.8 Å². The summed E-state index contributed by atoms with van der Waals surface area (Å²) in [6, 6.07) is 10.0. The molecule has 1 aromatic carbocycles. The molecule has 0 bridgehead atoms. The van der Waals surface area contributed by atoms with Crippen LogP contribution in [-0.4, -0.2) is 9.97 Å². The number of thiophene rings is 1. The maximum atomic E-state index is 11.4. The number of nitrogens with one attached hydrogen (secondary N) is 1. The molecule has 2 heterocycles. The molecule has 3 nitrogen and oxygen atoms in total. The van der Waals surface area contributed by atoms with E-state index in [1.165, 1.54) is 10.1 Å². The van der Waals surface area contributed by atoms with Crippen molar-refractivity contribution in [3.05, 3.63) is 51.9 Å². The number of hydrogen-bond acceptors (Lipinski definition) is 3. The Morgan fingerprint density at radius 1 is 1.29 bits per heavy atom. The fourth-order valence-electron chi connectivity index (χ4n) is 1.91. The van der Waals surface area contributed by atoms with Crippen molar-refractivity contribution < 1.29 is 0 Å². The number of hydrogen-bond donors (Lipinski definition) is 1. The number of aryl methyl sites for hydroxylation is 1. The molecule has 0 saturated heterocycles. The second-order valence-electron chi connectivity index (χ2n) is 3.90. The van der Waals surface area contributed by atoms with Crippen LogP contribution in [0.5, 0.6) is 0 Å². The molecule has 0 aliphatic heterocycles. The van der Waals surface area contributed by atoms with Crippen molar-refractivity contribution in [3.63, 3.8) is 0 Å². The SMILES string of the molecule is Cc1cc(-c2cccc3ccsc23)nc(=O)[nH]1. The minimum atomic E-state index is -0.298. The van der Waals surface area contributed by atoms with E-state index in [1.807, 2.05) is 30.5 Å². The minimum absolute atomic E-state index is 0.298. The summed E-state index contributed by atoms with van der Waals surface area (Å²) in [7, 11) is 0. The first kappa shape index (κ1) is 10.2. The molecular formula is C13H10N2OS. The van der Waals surface area contributed by atoms with Crippen LogP contribution in [0.1, 0.15) is 5.69 Å². The fraction of sp³-hybridized carbons (Fsp3) is 0.0769. The number of H-pyrrole nitrogens is 1. The second-order valence-corrected chi connectivity index (χ2v) is 4.82. The highest BCUT2D eigenvalue weighted by Gasteiger charge is 2.07. The van der Waals surface area contributed by atoms with Crippen LogP contribution < -0.4 is 5.69 Å². The average Bonchev–Trinajstić information content (AvgIpc) is 2.75. The molecular weight excluding hydrogens is 232 g/mol. The van der Waals surface area contributed by atoms with E-state index in [4.69, 9.17) is 0 Å². The van der Waals surface area contributed by atoms with Gasteiger partial charge in [0.1, 0.15) is 0 Å². The molecule has 0 spiro atoms. The van der Waals surface area contributed by atoms with Gasteiger partial charge in [-0.1, -0.05) is 18.2 Å². The van der Waals surface area contributed by atoms with E-state index < -0.39 is 0 Å². The Balaban J connectivity index is 2.33. The number of fused-ring (bicyclic) bond motifs is 1. The standard InChI is InChI=1S/C13H10N2OS/c1-8-7-11(15-13(16)14-8)10-4-2-3-9-5-6-17-12(9)10/h2-7H,1H3,(H,14,15,16). The molecule has 3 aromatic rings. The highest BCUT2D eigenvalue weighted by atomic mass is 32.1. The third-order valence-corrected chi connectivity index (χ3v) is 3.60. The number of aromatic amines is 1. The molecule has 0 atom stereocenters. The van der Waals surface area contributed by atoms with E-state index in [0.717, 1.165) is 17.0 Å². The van der Waals surface area contributed by atoms with Gasteiger partial charge in [0.05, 0.1) is 5.69 Å². The summed E-state index contributed by atoms with van der Waals surface area (Å²) in [4.78, 5) is 18.1. The van der Waals surface area contributed by atoms with Crippen LogP contribution in [0.15, 0.2) is 40.5 Å². The molecule has 0 fully saturated rings. The van der Waals surface area contributed by atoms with Gasteiger partial charge in [0, 0.05) is 16.0 Å². The van der Waals surface area contributed by atoms with Gasteiger partial charge < -0.3 is 4.98 Å². The van der Waals surface area contributed by atoms with E-state index >= 15 is 0 Å². The summed E-state index contributed by atoms with van der Waals surface area (Å²) >= 11 is 1.67. The molecule has 0 aliphatic rings. The van der Waals surface area contributed by atoms with Gasteiger partial charge >= 0.3 is 5.69 Å². The monoisotopic (exact) mass is 242 g/mol. The Morgan fingerprint density at radius 3 is 3.00 bits per heavy atom. The third-order valence-electron chi connectivity index (χ3n) is 2.63. The molecule has 0 saturated carbocycles. The second kappa shape index (κ2) is 3.82. The fourth-order valence-corrected chi connectivity index (χ4v) is 2.83. The third kappa shape index (κ3) is 1.76. The van der Waals surface area contributed by atoms with Crippen LogP contribution in [0.25, 0.3) is 21.3 Å². The van der Waals surface area contributed by atoms with Crippen molar-refractivity contribution >= 4 is 21.4 Å².